The molecule has 0 unspecified atom stereocenters. The van der Waals surface area contributed by atoms with Gasteiger partial charge in [-0.15, -0.1) is 0 Å². The number of phenols is 1. The van der Waals surface area contributed by atoms with E-state index in [1.165, 1.54) is 42.5 Å². The standard InChI is InChI=1S/C20H27NO2/c1-12-10-14(22)11-13-4-5-15-16(19(12)13)8-9-20(2)17(15)6-7-18(20)21-23-3/h10-11,15-17,22H,4-9H2,1-3H3/b21-18-/t15-,16+,17+,20+/m1/s1. The number of aryl methyl sites for hydroxylation is 2. The van der Waals surface area contributed by atoms with Gasteiger partial charge in [-0.1, -0.05) is 12.1 Å². The van der Waals surface area contributed by atoms with Crippen molar-refractivity contribution >= 4 is 5.71 Å². The topological polar surface area (TPSA) is 41.8 Å². The summed E-state index contributed by atoms with van der Waals surface area (Å²) in [7, 11) is 1.67. The summed E-state index contributed by atoms with van der Waals surface area (Å²) in [6, 6.07) is 3.94. The van der Waals surface area contributed by atoms with Gasteiger partial charge in [-0.2, -0.15) is 0 Å². The molecule has 1 N–H and O–H groups in total. The summed E-state index contributed by atoms with van der Waals surface area (Å²) >= 11 is 0. The van der Waals surface area contributed by atoms with E-state index in [1.807, 2.05) is 12.1 Å². The van der Waals surface area contributed by atoms with Gasteiger partial charge in [0.05, 0.1) is 5.71 Å². The molecule has 3 aliphatic carbocycles. The number of hydrogen-bond donors (Lipinski definition) is 1. The molecule has 1 aromatic carbocycles. The molecule has 1 aromatic rings. The average Bonchev–Trinajstić information content (AvgIpc) is 2.84. The Morgan fingerprint density at radius 2 is 2.04 bits per heavy atom. The minimum absolute atomic E-state index is 0.236. The summed E-state index contributed by atoms with van der Waals surface area (Å²) in [5, 5.41) is 14.3. The molecule has 3 heteroatoms. The van der Waals surface area contributed by atoms with Gasteiger partial charge in [-0.25, -0.2) is 0 Å². The van der Waals surface area contributed by atoms with E-state index >= 15 is 0 Å². The number of phenolic OH excluding ortho intramolecular Hbond substituents is 1. The molecule has 4 rings (SSSR count). The van der Waals surface area contributed by atoms with Crippen LogP contribution in [0.1, 0.15) is 61.6 Å². The Bertz CT molecular complexity index is 666. The number of fused-ring (bicyclic) bond motifs is 5. The van der Waals surface area contributed by atoms with Crippen molar-refractivity contribution in [1.82, 2.24) is 0 Å². The van der Waals surface area contributed by atoms with Crippen LogP contribution in [0.15, 0.2) is 17.3 Å². The van der Waals surface area contributed by atoms with Gasteiger partial charge in [0, 0.05) is 5.41 Å². The summed E-state index contributed by atoms with van der Waals surface area (Å²) < 4.78 is 0. The summed E-state index contributed by atoms with van der Waals surface area (Å²) in [5.74, 6) is 2.58. The van der Waals surface area contributed by atoms with Crippen LogP contribution >= 0.6 is 0 Å². The average molecular weight is 313 g/mol. The highest BCUT2D eigenvalue weighted by Crippen LogP contribution is 2.60. The zero-order valence-corrected chi connectivity index (χ0v) is 14.4. The molecule has 0 saturated heterocycles. The number of benzene rings is 1. The van der Waals surface area contributed by atoms with Crippen molar-refractivity contribution in [3.63, 3.8) is 0 Å². The third-order valence-electron chi connectivity index (χ3n) is 6.95. The largest absolute Gasteiger partial charge is 0.508 e. The molecule has 0 amide bonds. The minimum atomic E-state index is 0.236. The highest BCUT2D eigenvalue weighted by molar-refractivity contribution is 5.92. The summed E-state index contributed by atoms with van der Waals surface area (Å²) in [4.78, 5) is 5.12. The maximum Gasteiger partial charge on any atom is 0.116 e. The number of aromatic hydroxyl groups is 1. The van der Waals surface area contributed by atoms with Crippen molar-refractivity contribution in [3.05, 3.63) is 28.8 Å². The lowest BCUT2D eigenvalue weighted by atomic mass is 9.55. The highest BCUT2D eigenvalue weighted by atomic mass is 16.6. The van der Waals surface area contributed by atoms with Gasteiger partial charge in [0.1, 0.15) is 12.9 Å². The van der Waals surface area contributed by atoms with Crippen LogP contribution in [-0.4, -0.2) is 17.9 Å². The molecule has 124 valence electrons. The second kappa shape index (κ2) is 5.25. The summed E-state index contributed by atoms with van der Waals surface area (Å²) in [6.07, 6.45) is 7.15. The SMILES string of the molecule is CO/N=C1/CC[C@H]2[C@@H]3CCc4cc(O)cc(C)c4[C@H]3CC[C@]12C. The van der Waals surface area contributed by atoms with Crippen LogP contribution in [0.3, 0.4) is 0 Å². The predicted octanol–water partition coefficient (Wildman–Crippen LogP) is 4.56. The predicted molar refractivity (Wildman–Crippen MR) is 91.9 cm³/mol. The molecule has 23 heavy (non-hydrogen) atoms. The molecule has 3 nitrogen and oxygen atoms in total. The van der Waals surface area contributed by atoms with Crippen LogP contribution < -0.4 is 0 Å². The van der Waals surface area contributed by atoms with Crippen LogP contribution in [0, 0.1) is 24.2 Å². The van der Waals surface area contributed by atoms with Crippen LogP contribution in [0.5, 0.6) is 5.75 Å². The van der Waals surface area contributed by atoms with Crippen LogP contribution in [0.2, 0.25) is 0 Å². The van der Waals surface area contributed by atoms with E-state index in [0.29, 0.717) is 11.7 Å². The lowest BCUT2D eigenvalue weighted by molar-refractivity contribution is 0.0921. The summed E-state index contributed by atoms with van der Waals surface area (Å²) in [6.45, 7) is 4.58. The van der Waals surface area contributed by atoms with Crippen molar-refractivity contribution in [2.24, 2.45) is 22.4 Å². The molecule has 0 aliphatic heterocycles. The summed E-state index contributed by atoms with van der Waals surface area (Å²) in [5.41, 5.74) is 5.73. The molecule has 2 saturated carbocycles. The highest BCUT2D eigenvalue weighted by Gasteiger charge is 2.53. The van der Waals surface area contributed by atoms with Crippen LogP contribution in [-0.2, 0) is 11.3 Å². The number of hydrogen-bond acceptors (Lipinski definition) is 3. The first-order chi connectivity index (χ1) is 11.0. The van der Waals surface area contributed by atoms with E-state index in [1.54, 1.807) is 12.7 Å². The fraction of sp³-hybridized carbons (Fsp3) is 0.650. The van der Waals surface area contributed by atoms with Crippen LogP contribution in [0.4, 0.5) is 0 Å². The third-order valence-corrected chi connectivity index (χ3v) is 6.95. The van der Waals surface area contributed by atoms with Crippen molar-refractivity contribution in [2.75, 3.05) is 7.11 Å². The van der Waals surface area contributed by atoms with Gasteiger partial charge in [-0.05, 0) is 92.0 Å². The van der Waals surface area contributed by atoms with Crippen molar-refractivity contribution in [2.45, 2.75) is 58.3 Å². The Balaban J connectivity index is 1.72. The molecule has 0 radical (unpaired) electrons. The molecule has 3 aliphatic rings. The molecule has 0 aromatic heterocycles. The van der Waals surface area contributed by atoms with Crippen molar-refractivity contribution in [3.8, 4) is 5.75 Å². The van der Waals surface area contributed by atoms with Crippen molar-refractivity contribution in [1.29, 1.82) is 0 Å². The fourth-order valence-corrected chi connectivity index (χ4v) is 6.01. The van der Waals surface area contributed by atoms with Crippen LogP contribution in [0.25, 0.3) is 0 Å². The molecular weight excluding hydrogens is 286 g/mol. The molecule has 2 fully saturated rings. The van der Waals surface area contributed by atoms with Crippen molar-refractivity contribution < 1.29 is 9.94 Å². The normalized spacial score (nSPS) is 37.2. The lowest BCUT2D eigenvalue weighted by Crippen LogP contribution is -2.42. The Labute approximate surface area is 138 Å². The Hall–Kier alpha value is -1.51. The van der Waals surface area contributed by atoms with Gasteiger partial charge < -0.3 is 9.94 Å². The third kappa shape index (κ3) is 2.12. The number of nitrogens with zero attached hydrogens (tertiary/aromatic N) is 1. The van der Waals surface area contributed by atoms with E-state index in [2.05, 4.69) is 19.0 Å². The van der Waals surface area contributed by atoms with Gasteiger partial charge in [-0.3, -0.25) is 0 Å². The van der Waals surface area contributed by atoms with E-state index in [4.69, 9.17) is 4.84 Å². The first-order valence-electron chi connectivity index (χ1n) is 8.97. The second-order valence-corrected chi connectivity index (χ2v) is 7.97. The fourth-order valence-electron chi connectivity index (χ4n) is 6.01. The Kier molecular flexibility index (Phi) is 3.44. The smallest absolute Gasteiger partial charge is 0.116 e. The molecule has 0 bridgehead atoms. The Morgan fingerprint density at radius 1 is 1.22 bits per heavy atom. The van der Waals surface area contributed by atoms with E-state index in [-0.39, 0.29) is 5.41 Å². The van der Waals surface area contributed by atoms with E-state index < -0.39 is 0 Å². The molecule has 0 spiro atoms. The van der Waals surface area contributed by atoms with E-state index in [0.717, 1.165) is 24.7 Å². The zero-order valence-electron chi connectivity index (χ0n) is 14.4. The zero-order chi connectivity index (χ0) is 16.2. The van der Waals surface area contributed by atoms with Gasteiger partial charge in [0.2, 0.25) is 0 Å². The minimum Gasteiger partial charge on any atom is -0.508 e. The van der Waals surface area contributed by atoms with Gasteiger partial charge >= 0.3 is 0 Å². The van der Waals surface area contributed by atoms with E-state index in [9.17, 15) is 5.11 Å². The lowest BCUT2D eigenvalue weighted by Gasteiger charge is -2.49. The van der Waals surface area contributed by atoms with Gasteiger partial charge in [0.15, 0.2) is 0 Å². The first-order valence-corrected chi connectivity index (χ1v) is 8.97. The quantitative estimate of drug-likeness (QED) is 0.772. The monoisotopic (exact) mass is 313 g/mol. The maximum absolute atomic E-state index is 9.92. The van der Waals surface area contributed by atoms with Gasteiger partial charge in [0.25, 0.3) is 0 Å². The number of rotatable bonds is 1. The maximum atomic E-state index is 9.92. The molecular formula is C20H27NO2. The number of oxime groups is 1. The Morgan fingerprint density at radius 3 is 2.83 bits per heavy atom. The first kappa shape index (κ1) is 15.0. The second-order valence-electron chi connectivity index (χ2n) is 7.97. The molecule has 4 atom stereocenters. The molecule has 0 heterocycles.